The molecular weight excluding hydrogens is 359 g/mol. The van der Waals surface area contributed by atoms with E-state index in [9.17, 15) is 10.1 Å². The molecule has 6 heteroatoms. The van der Waals surface area contributed by atoms with E-state index >= 15 is 0 Å². The van der Waals surface area contributed by atoms with E-state index < -0.39 is 0 Å². The SMILES string of the molecule is O=[N+]([O-])c1ccc(NCCCOCC2CC2)c(I)c1. The first-order valence-corrected chi connectivity index (χ1v) is 7.50. The molecule has 0 bridgehead atoms. The number of nitro groups is 1. The van der Waals surface area contributed by atoms with E-state index in [1.54, 1.807) is 12.1 Å². The number of anilines is 1. The van der Waals surface area contributed by atoms with Crippen LogP contribution in [0.25, 0.3) is 0 Å². The average Bonchev–Trinajstić information content (AvgIpc) is 3.19. The smallest absolute Gasteiger partial charge is 0.270 e. The van der Waals surface area contributed by atoms with E-state index in [1.165, 1.54) is 18.9 Å². The minimum atomic E-state index is -0.377. The molecule has 5 nitrogen and oxygen atoms in total. The number of hydrogen-bond acceptors (Lipinski definition) is 4. The molecule has 0 spiro atoms. The summed E-state index contributed by atoms with van der Waals surface area (Å²) in [4.78, 5) is 10.2. The van der Waals surface area contributed by atoms with E-state index in [-0.39, 0.29) is 10.6 Å². The van der Waals surface area contributed by atoms with E-state index in [1.807, 2.05) is 0 Å². The Labute approximate surface area is 126 Å². The van der Waals surface area contributed by atoms with Gasteiger partial charge >= 0.3 is 0 Å². The minimum Gasteiger partial charge on any atom is -0.384 e. The molecule has 1 aromatic carbocycles. The summed E-state index contributed by atoms with van der Waals surface area (Å²) in [6.07, 6.45) is 3.58. The van der Waals surface area contributed by atoms with Crippen molar-refractivity contribution >= 4 is 34.0 Å². The highest BCUT2D eigenvalue weighted by molar-refractivity contribution is 14.1. The van der Waals surface area contributed by atoms with Crippen molar-refractivity contribution in [3.05, 3.63) is 31.9 Å². The topological polar surface area (TPSA) is 64.4 Å². The van der Waals surface area contributed by atoms with Crippen LogP contribution in [0.4, 0.5) is 11.4 Å². The first kappa shape index (κ1) is 14.5. The fourth-order valence-corrected chi connectivity index (χ4v) is 2.38. The van der Waals surface area contributed by atoms with Crippen molar-refractivity contribution in [3.8, 4) is 0 Å². The van der Waals surface area contributed by atoms with Crippen molar-refractivity contribution in [3.63, 3.8) is 0 Å². The fourth-order valence-electron chi connectivity index (χ4n) is 1.69. The molecule has 0 unspecified atom stereocenters. The van der Waals surface area contributed by atoms with Crippen molar-refractivity contribution in [1.29, 1.82) is 0 Å². The molecule has 1 aliphatic rings. The van der Waals surface area contributed by atoms with Crippen molar-refractivity contribution < 1.29 is 9.66 Å². The lowest BCUT2D eigenvalue weighted by Crippen LogP contribution is -2.07. The molecule has 0 atom stereocenters. The van der Waals surface area contributed by atoms with Gasteiger partial charge in [0.1, 0.15) is 0 Å². The molecule has 19 heavy (non-hydrogen) atoms. The van der Waals surface area contributed by atoms with Gasteiger partial charge in [-0.25, -0.2) is 0 Å². The number of rotatable bonds is 8. The zero-order chi connectivity index (χ0) is 13.7. The summed E-state index contributed by atoms with van der Waals surface area (Å²) >= 11 is 2.11. The molecule has 0 heterocycles. The van der Waals surface area contributed by atoms with Crippen LogP contribution in [0.3, 0.4) is 0 Å². The Morgan fingerprint density at radius 1 is 1.47 bits per heavy atom. The summed E-state index contributed by atoms with van der Waals surface area (Å²) in [6.45, 7) is 2.49. The molecule has 0 aliphatic heterocycles. The van der Waals surface area contributed by atoms with Crippen LogP contribution in [0, 0.1) is 19.6 Å². The highest BCUT2D eigenvalue weighted by Crippen LogP contribution is 2.28. The van der Waals surface area contributed by atoms with E-state index in [0.29, 0.717) is 0 Å². The van der Waals surface area contributed by atoms with Gasteiger partial charge in [-0.15, -0.1) is 0 Å². The number of halogens is 1. The fraction of sp³-hybridized carbons (Fsp3) is 0.538. The third-order valence-electron chi connectivity index (χ3n) is 2.99. The summed E-state index contributed by atoms with van der Waals surface area (Å²) in [5.74, 6) is 0.809. The van der Waals surface area contributed by atoms with E-state index in [0.717, 1.165) is 41.4 Å². The van der Waals surface area contributed by atoms with Gasteiger partial charge in [0.05, 0.1) is 4.92 Å². The molecule has 1 fully saturated rings. The first-order chi connectivity index (χ1) is 9.16. The van der Waals surface area contributed by atoms with Crippen LogP contribution in [-0.2, 0) is 4.74 Å². The second-order valence-corrected chi connectivity index (χ2v) is 5.88. The quantitative estimate of drug-likeness (QED) is 0.327. The van der Waals surface area contributed by atoms with Crippen LogP contribution in [0.15, 0.2) is 18.2 Å². The lowest BCUT2D eigenvalue weighted by atomic mass is 10.3. The number of nitrogens with one attached hydrogen (secondary N) is 1. The second kappa shape index (κ2) is 7.04. The maximum Gasteiger partial charge on any atom is 0.270 e. The molecule has 104 valence electrons. The number of non-ortho nitro benzene ring substituents is 1. The van der Waals surface area contributed by atoms with Crippen LogP contribution in [-0.4, -0.2) is 24.7 Å². The molecule has 1 aromatic rings. The standard InChI is InChI=1S/C13H17IN2O3/c14-12-8-11(16(17)18)4-5-13(12)15-6-1-7-19-9-10-2-3-10/h4-5,8,10,15H,1-3,6-7,9H2. The summed E-state index contributed by atoms with van der Waals surface area (Å²) in [5.41, 5.74) is 1.07. The Hall–Kier alpha value is -0.890. The highest BCUT2D eigenvalue weighted by atomic mass is 127. The number of benzene rings is 1. The lowest BCUT2D eigenvalue weighted by Gasteiger charge is -2.08. The Kier molecular flexibility index (Phi) is 5.38. The van der Waals surface area contributed by atoms with Gasteiger partial charge in [0.15, 0.2) is 0 Å². The molecule has 0 amide bonds. The van der Waals surface area contributed by atoms with Gasteiger partial charge in [0.25, 0.3) is 5.69 Å². The monoisotopic (exact) mass is 376 g/mol. The van der Waals surface area contributed by atoms with Crippen LogP contribution < -0.4 is 5.32 Å². The number of ether oxygens (including phenoxy) is 1. The molecule has 2 rings (SSSR count). The van der Waals surface area contributed by atoms with Crippen molar-refractivity contribution in [1.82, 2.24) is 0 Å². The molecule has 1 N–H and O–H groups in total. The largest absolute Gasteiger partial charge is 0.384 e. The number of nitrogens with zero attached hydrogens (tertiary/aromatic N) is 1. The predicted octanol–water partition coefficient (Wildman–Crippen LogP) is 3.43. The first-order valence-electron chi connectivity index (χ1n) is 6.42. The van der Waals surface area contributed by atoms with Gasteiger partial charge in [-0.05, 0) is 53.8 Å². The maximum atomic E-state index is 10.6. The highest BCUT2D eigenvalue weighted by Gasteiger charge is 2.20. The number of hydrogen-bond donors (Lipinski definition) is 1. The Balaban J connectivity index is 1.68. The van der Waals surface area contributed by atoms with Crippen molar-refractivity contribution in [2.75, 3.05) is 25.1 Å². The van der Waals surface area contributed by atoms with Crippen molar-refractivity contribution in [2.24, 2.45) is 5.92 Å². The van der Waals surface area contributed by atoms with Gasteiger partial charge in [0.2, 0.25) is 0 Å². The van der Waals surface area contributed by atoms with Gasteiger partial charge in [-0.1, -0.05) is 0 Å². The summed E-state index contributed by atoms with van der Waals surface area (Å²) in [5, 5.41) is 13.9. The van der Waals surface area contributed by atoms with Crippen LogP contribution in [0.1, 0.15) is 19.3 Å². The zero-order valence-electron chi connectivity index (χ0n) is 10.6. The summed E-state index contributed by atoms with van der Waals surface area (Å²) < 4.78 is 6.41. The third-order valence-corrected chi connectivity index (χ3v) is 3.89. The molecular formula is C13H17IN2O3. The lowest BCUT2D eigenvalue weighted by molar-refractivity contribution is -0.384. The zero-order valence-corrected chi connectivity index (χ0v) is 12.8. The Morgan fingerprint density at radius 3 is 2.89 bits per heavy atom. The van der Waals surface area contributed by atoms with E-state index in [2.05, 4.69) is 27.9 Å². The average molecular weight is 376 g/mol. The Morgan fingerprint density at radius 2 is 2.26 bits per heavy atom. The molecule has 0 radical (unpaired) electrons. The van der Waals surface area contributed by atoms with Gasteiger partial charge in [-0.2, -0.15) is 0 Å². The van der Waals surface area contributed by atoms with Crippen LogP contribution >= 0.6 is 22.6 Å². The third kappa shape index (κ3) is 4.94. The van der Waals surface area contributed by atoms with Crippen molar-refractivity contribution in [2.45, 2.75) is 19.3 Å². The summed E-state index contributed by atoms with van der Waals surface area (Å²) in [7, 11) is 0. The number of nitro benzene ring substituents is 1. The van der Waals surface area contributed by atoms with E-state index in [4.69, 9.17) is 4.74 Å². The van der Waals surface area contributed by atoms with Gasteiger partial charge in [0, 0.05) is 41.1 Å². The predicted molar refractivity (Wildman–Crippen MR) is 82.5 cm³/mol. The maximum absolute atomic E-state index is 10.6. The Bertz CT molecular complexity index is 450. The molecule has 0 aromatic heterocycles. The van der Waals surface area contributed by atoms with Gasteiger partial charge < -0.3 is 10.1 Å². The molecule has 0 saturated heterocycles. The van der Waals surface area contributed by atoms with Crippen LogP contribution in [0.2, 0.25) is 0 Å². The molecule has 1 aliphatic carbocycles. The minimum absolute atomic E-state index is 0.128. The summed E-state index contributed by atoms with van der Waals surface area (Å²) in [6, 6.07) is 4.85. The molecule has 1 saturated carbocycles. The normalized spacial score (nSPS) is 14.4. The second-order valence-electron chi connectivity index (χ2n) is 4.72. The van der Waals surface area contributed by atoms with Crippen LogP contribution in [0.5, 0.6) is 0 Å². The van der Waals surface area contributed by atoms with Gasteiger partial charge in [-0.3, -0.25) is 10.1 Å².